The Morgan fingerprint density at radius 2 is 1.67 bits per heavy atom. The Balaban J connectivity index is 2.22. The fourth-order valence-corrected chi connectivity index (χ4v) is 1.33. The van der Waals surface area contributed by atoms with Gasteiger partial charge in [-0.1, -0.05) is 30.3 Å². The van der Waals surface area contributed by atoms with E-state index in [0.29, 0.717) is 6.54 Å². The van der Waals surface area contributed by atoms with Gasteiger partial charge in [-0.25, -0.2) is 0 Å². The van der Waals surface area contributed by atoms with Crippen LogP contribution in [-0.4, -0.2) is 24.1 Å². The molecule has 1 aromatic rings. The van der Waals surface area contributed by atoms with Crippen molar-refractivity contribution in [3.8, 4) is 0 Å². The quantitative estimate of drug-likeness (QED) is 0.715. The van der Waals surface area contributed by atoms with Crippen molar-refractivity contribution >= 4 is 17.6 Å². The van der Waals surface area contributed by atoms with Crippen molar-refractivity contribution in [1.29, 1.82) is 0 Å². The highest BCUT2D eigenvalue weighted by atomic mass is 16.2. The van der Waals surface area contributed by atoms with Gasteiger partial charge in [0.25, 0.3) is 0 Å². The summed E-state index contributed by atoms with van der Waals surface area (Å²) in [5.74, 6) is -0.940. The molecular formula is C13H16N2O3. The van der Waals surface area contributed by atoms with Gasteiger partial charge in [0.2, 0.25) is 11.8 Å². The topological polar surface area (TPSA) is 75.3 Å². The molecule has 0 aliphatic heterocycles. The smallest absolute Gasteiger partial charge is 0.239 e. The summed E-state index contributed by atoms with van der Waals surface area (Å²) in [5.41, 5.74) is 0.987. The lowest BCUT2D eigenvalue weighted by Gasteiger charge is -2.06. The van der Waals surface area contributed by atoms with E-state index < -0.39 is 5.91 Å². The maximum atomic E-state index is 11.4. The molecule has 0 aliphatic carbocycles. The molecule has 0 aromatic heterocycles. The molecule has 18 heavy (non-hydrogen) atoms. The first-order valence-electron chi connectivity index (χ1n) is 5.64. The van der Waals surface area contributed by atoms with Crippen LogP contribution in [0.4, 0.5) is 0 Å². The van der Waals surface area contributed by atoms with E-state index in [-0.39, 0.29) is 24.7 Å². The second-order valence-corrected chi connectivity index (χ2v) is 3.92. The van der Waals surface area contributed by atoms with Crippen LogP contribution in [0.3, 0.4) is 0 Å². The molecule has 0 unspecified atom stereocenters. The zero-order valence-corrected chi connectivity index (χ0v) is 10.2. The number of carbonyl (C=O) groups is 3. The fourth-order valence-electron chi connectivity index (χ4n) is 1.33. The van der Waals surface area contributed by atoms with Gasteiger partial charge in [-0.3, -0.25) is 14.4 Å². The average Bonchev–Trinajstić information content (AvgIpc) is 2.34. The average molecular weight is 248 g/mol. The minimum Gasteiger partial charge on any atom is -0.350 e. The summed E-state index contributed by atoms with van der Waals surface area (Å²) in [5, 5.41) is 5.05. The van der Waals surface area contributed by atoms with E-state index >= 15 is 0 Å². The van der Waals surface area contributed by atoms with Crippen LogP contribution in [0, 0.1) is 0 Å². The molecule has 2 N–H and O–H groups in total. The predicted molar refractivity (Wildman–Crippen MR) is 66.6 cm³/mol. The molecule has 0 bridgehead atoms. The van der Waals surface area contributed by atoms with E-state index in [1.54, 1.807) is 0 Å². The summed E-state index contributed by atoms with van der Waals surface area (Å²) in [6.07, 6.45) is -0.189. The van der Waals surface area contributed by atoms with Gasteiger partial charge < -0.3 is 10.6 Å². The van der Waals surface area contributed by atoms with E-state index in [0.717, 1.165) is 5.56 Å². The molecule has 1 aromatic carbocycles. The van der Waals surface area contributed by atoms with Gasteiger partial charge in [-0.2, -0.15) is 0 Å². The number of hydrogen-bond acceptors (Lipinski definition) is 3. The monoisotopic (exact) mass is 248 g/mol. The molecule has 5 nitrogen and oxygen atoms in total. The van der Waals surface area contributed by atoms with Crippen LogP contribution >= 0.6 is 0 Å². The molecule has 0 heterocycles. The maximum absolute atomic E-state index is 11.4. The van der Waals surface area contributed by atoms with Crippen molar-refractivity contribution in [3.05, 3.63) is 35.9 Å². The molecule has 0 fully saturated rings. The molecule has 0 atom stereocenters. The van der Waals surface area contributed by atoms with Gasteiger partial charge in [0.1, 0.15) is 5.78 Å². The van der Waals surface area contributed by atoms with Crippen LogP contribution in [0.2, 0.25) is 0 Å². The number of Topliss-reactive ketones (excluding diaryl/α,β-unsaturated/α-hetero) is 1. The standard InChI is InChI=1S/C13H16N2O3/c1-10(16)7-12(17)15-9-13(18)14-8-11-5-3-2-4-6-11/h2-6H,7-9H2,1H3,(H,14,18)(H,15,17). The number of hydrogen-bond donors (Lipinski definition) is 2. The molecule has 5 heteroatoms. The second-order valence-electron chi connectivity index (χ2n) is 3.92. The Hall–Kier alpha value is -2.17. The minimum atomic E-state index is -0.433. The number of rotatable bonds is 6. The van der Waals surface area contributed by atoms with Crippen LogP contribution in [0.1, 0.15) is 18.9 Å². The number of ketones is 1. The highest BCUT2D eigenvalue weighted by molar-refractivity contribution is 5.98. The van der Waals surface area contributed by atoms with E-state index in [1.807, 2.05) is 30.3 Å². The van der Waals surface area contributed by atoms with E-state index in [1.165, 1.54) is 6.92 Å². The van der Waals surface area contributed by atoms with Gasteiger partial charge in [-0.15, -0.1) is 0 Å². The lowest BCUT2D eigenvalue weighted by Crippen LogP contribution is -2.37. The van der Waals surface area contributed by atoms with Gasteiger partial charge in [-0.05, 0) is 12.5 Å². The van der Waals surface area contributed by atoms with Crippen LogP contribution in [0.25, 0.3) is 0 Å². The summed E-state index contributed by atoms with van der Waals surface area (Å²) in [6.45, 7) is 1.64. The zero-order valence-electron chi connectivity index (χ0n) is 10.2. The molecule has 0 aliphatic rings. The Kier molecular flexibility index (Phi) is 5.57. The van der Waals surface area contributed by atoms with E-state index in [4.69, 9.17) is 0 Å². The highest BCUT2D eigenvalue weighted by Gasteiger charge is 2.07. The van der Waals surface area contributed by atoms with E-state index in [9.17, 15) is 14.4 Å². The third-order valence-corrected chi connectivity index (χ3v) is 2.19. The van der Waals surface area contributed by atoms with Gasteiger partial charge in [0.05, 0.1) is 13.0 Å². The zero-order chi connectivity index (χ0) is 13.4. The Morgan fingerprint density at radius 1 is 1.00 bits per heavy atom. The van der Waals surface area contributed by atoms with Crippen molar-refractivity contribution < 1.29 is 14.4 Å². The highest BCUT2D eigenvalue weighted by Crippen LogP contribution is 1.96. The number of carbonyl (C=O) groups excluding carboxylic acids is 3. The molecule has 96 valence electrons. The number of nitrogens with one attached hydrogen (secondary N) is 2. The van der Waals surface area contributed by atoms with Gasteiger partial charge in [0.15, 0.2) is 0 Å². The van der Waals surface area contributed by atoms with Crippen molar-refractivity contribution in [3.63, 3.8) is 0 Å². The largest absolute Gasteiger partial charge is 0.350 e. The summed E-state index contributed by atoms with van der Waals surface area (Å²) >= 11 is 0. The predicted octanol–water partition coefficient (Wildman–Crippen LogP) is 0.398. The molecule has 0 radical (unpaired) electrons. The minimum absolute atomic E-state index is 0.112. The molecule has 0 saturated heterocycles. The third-order valence-electron chi connectivity index (χ3n) is 2.19. The van der Waals surface area contributed by atoms with Gasteiger partial charge >= 0.3 is 0 Å². The normalized spacial score (nSPS) is 9.61. The molecule has 1 rings (SSSR count). The summed E-state index contributed by atoms with van der Waals surface area (Å²) in [7, 11) is 0. The van der Waals surface area contributed by atoms with Crippen molar-refractivity contribution in [1.82, 2.24) is 10.6 Å². The Bertz CT molecular complexity index is 429. The summed E-state index contributed by atoms with van der Waals surface area (Å²) in [6, 6.07) is 9.46. The van der Waals surface area contributed by atoms with Crippen molar-refractivity contribution in [2.45, 2.75) is 19.9 Å². The van der Waals surface area contributed by atoms with E-state index in [2.05, 4.69) is 10.6 Å². The summed E-state index contributed by atoms with van der Waals surface area (Å²) < 4.78 is 0. The molecular weight excluding hydrogens is 232 g/mol. The first-order valence-corrected chi connectivity index (χ1v) is 5.64. The van der Waals surface area contributed by atoms with Crippen LogP contribution in [0.5, 0.6) is 0 Å². The maximum Gasteiger partial charge on any atom is 0.239 e. The molecule has 0 spiro atoms. The number of benzene rings is 1. The Labute approximate surface area is 106 Å². The lowest BCUT2D eigenvalue weighted by molar-refractivity contribution is -0.129. The van der Waals surface area contributed by atoms with Crippen molar-refractivity contribution in [2.75, 3.05) is 6.54 Å². The van der Waals surface area contributed by atoms with Crippen molar-refractivity contribution in [2.24, 2.45) is 0 Å². The molecule has 2 amide bonds. The molecule has 0 saturated carbocycles. The first kappa shape index (κ1) is 13.9. The van der Waals surface area contributed by atoms with Crippen LogP contribution < -0.4 is 10.6 Å². The first-order chi connectivity index (χ1) is 8.58. The summed E-state index contributed by atoms with van der Waals surface area (Å²) in [4.78, 5) is 33.2. The van der Waals surface area contributed by atoms with Gasteiger partial charge in [0, 0.05) is 6.54 Å². The Morgan fingerprint density at radius 3 is 2.28 bits per heavy atom. The lowest BCUT2D eigenvalue weighted by atomic mass is 10.2. The third kappa shape index (κ3) is 5.79. The fraction of sp³-hybridized carbons (Fsp3) is 0.308. The second kappa shape index (κ2) is 7.21. The van der Waals surface area contributed by atoms with Crippen LogP contribution in [0.15, 0.2) is 30.3 Å². The SMILES string of the molecule is CC(=O)CC(=O)NCC(=O)NCc1ccccc1. The van der Waals surface area contributed by atoms with Crippen LogP contribution in [-0.2, 0) is 20.9 Å². The number of amides is 2.